The standard InChI is InChI=1S/C38H34N2O/c1-4-7-22-36(38-26-28-17-14-15-23-37(28)41-38)40-34(16-5-2)32(6-3)33-27-31(24-25-35(33)40)39(29-18-10-8-11-19-29)30-20-12-9-13-21-30/h4-13,15-16,18-25,27H,1-2,14,17,26H2,3H3/b22-7-,32-6-,34-16+,38-36-. The Hall–Kier alpha value is -5.02. The summed E-state index contributed by atoms with van der Waals surface area (Å²) in [4.78, 5) is 2.30. The Bertz CT molecular complexity index is 1830. The van der Waals surface area contributed by atoms with Crippen molar-refractivity contribution in [2.24, 2.45) is 0 Å². The fraction of sp³-hybridized carbons (Fsp3) is 0.105. The maximum atomic E-state index is 6.49. The van der Waals surface area contributed by atoms with E-state index in [4.69, 9.17) is 4.74 Å². The van der Waals surface area contributed by atoms with Gasteiger partial charge in [0.15, 0.2) is 0 Å². The molecule has 3 heteroatoms. The van der Waals surface area contributed by atoms with Crippen LogP contribution in [-0.4, -0.2) is 4.57 Å². The summed E-state index contributed by atoms with van der Waals surface area (Å²) in [7, 11) is 0. The third-order valence-electron chi connectivity index (χ3n) is 7.63. The number of hydrogen-bond acceptors (Lipinski definition) is 2. The second kappa shape index (κ2) is 11.6. The fourth-order valence-corrected chi connectivity index (χ4v) is 5.83. The van der Waals surface area contributed by atoms with Crippen LogP contribution in [0, 0.1) is 0 Å². The van der Waals surface area contributed by atoms with Gasteiger partial charge in [0.05, 0.1) is 16.6 Å². The van der Waals surface area contributed by atoms with E-state index in [1.54, 1.807) is 0 Å². The van der Waals surface area contributed by atoms with Gasteiger partial charge in [-0.2, -0.15) is 0 Å². The van der Waals surface area contributed by atoms with Gasteiger partial charge in [-0.05, 0) is 86.0 Å². The van der Waals surface area contributed by atoms with E-state index >= 15 is 0 Å². The molecule has 1 aliphatic heterocycles. The summed E-state index contributed by atoms with van der Waals surface area (Å²) >= 11 is 0. The maximum absolute atomic E-state index is 6.49. The lowest BCUT2D eigenvalue weighted by molar-refractivity contribution is 0.337. The Morgan fingerprint density at radius 2 is 1.63 bits per heavy atom. The van der Waals surface area contributed by atoms with Gasteiger partial charge in [-0.15, -0.1) is 0 Å². The van der Waals surface area contributed by atoms with Crippen molar-refractivity contribution in [1.29, 1.82) is 0 Å². The molecule has 0 saturated heterocycles. The van der Waals surface area contributed by atoms with E-state index in [0.29, 0.717) is 0 Å². The Labute approximate surface area is 242 Å². The van der Waals surface area contributed by atoms with Crippen molar-refractivity contribution < 1.29 is 4.74 Å². The summed E-state index contributed by atoms with van der Waals surface area (Å²) in [6, 6.07) is 27.7. The zero-order valence-electron chi connectivity index (χ0n) is 23.5. The quantitative estimate of drug-likeness (QED) is 0.220. The molecule has 1 aliphatic carbocycles. The number of rotatable bonds is 7. The molecule has 0 saturated carbocycles. The SMILES string of the molecule is C=C/C=C\C(=C1/CC2=C(C=CCC2)O1)n1c(=C/C=C)/c(=C\C)c2cc(N(c3ccccc3)c3ccccc3)ccc21. The molecule has 0 radical (unpaired) electrons. The first-order chi connectivity index (χ1) is 20.2. The summed E-state index contributed by atoms with van der Waals surface area (Å²) in [6.45, 7) is 10.1. The third-order valence-corrected chi connectivity index (χ3v) is 7.63. The van der Waals surface area contributed by atoms with Gasteiger partial charge in [0.25, 0.3) is 0 Å². The van der Waals surface area contributed by atoms with Crippen LogP contribution in [0.15, 0.2) is 146 Å². The second-order valence-electron chi connectivity index (χ2n) is 10.1. The molecule has 0 spiro atoms. The predicted molar refractivity (Wildman–Crippen MR) is 174 cm³/mol. The highest BCUT2D eigenvalue weighted by Gasteiger charge is 2.25. The predicted octanol–water partition coefficient (Wildman–Crippen LogP) is 8.81. The molecular formula is C38H34N2O. The number of hydrogen-bond donors (Lipinski definition) is 0. The van der Waals surface area contributed by atoms with Crippen molar-refractivity contribution in [2.75, 3.05) is 4.90 Å². The monoisotopic (exact) mass is 534 g/mol. The van der Waals surface area contributed by atoms with Crippen molar-refractivity contribution in [3.8, 4) is 0 Å². The lowest BCUT2D eigenvalue weighted by Crippen LogP contribution is -2.28. The topological polar surface area (TPSA) is 17.4 Å². The van der Waals surface area contributed by atoms with E-state index in [9.17, 15) is 0 Å². The summed E-state index contributed by atoms with van der Waals surface area (Å²) in [5.41, 5.74) is 6.79. The van der Waals surface area contributed by atoms with Crippen LogP contribution in [0.5, 0.6) is 0 Å². The first kappa shape index (κ1) is 26.2. The molecule has 202 valence electrons. The number of allylic oxidation sites excluding steroid dienone is 8. The van der Waals surface area contributed by atoms with Gasteiger partial charge in [0, 0.05) is 34.1 Å². The molecule has 0 bridgehead atoms. The lowest BCUT2D eigenvalue weighted by Gasteiger charge is -2.25. The first-order valence-electron chi connectivity index (χ1n) is 14.2. The van der Waals surface area contributed by atoms with Crippen LogP contribution in [-0.2, 0) is 4.74 Å². The molecule has 3 nitrogen and oxygen atoms in total. The van der Waals surface area contributed by atoms with Gasteiger partial charge >= 0.3 is 0 Å². The summed E-state index contributed by atoms with van der Waals surface area (Å²) in [5.74, 6) is 1.95. The second-order valence-corrected chi connectivity index (χ2v) is 10.1. The van der Waals surface area contributed by atoms with Crippen LogP contribution in [0.1, 0.15) is 26.2 Å². The van der Waals surface area contributed by atoms with Gasteiger partial charge in [0.1, 0.15) is 11.5 Å². The number of nitrogens with zero attached hydrogens (tertiary/aromatic N) is 2. The Morgan fingerprint density at radius 3 is 2.27 bits per heavy atom. The molecule has 0 amide bonds. The van der Waals surface area contributed by atoms with Crippen molar-refractivity contribution in [3.63, 3.8) is 0 Å². The number of anilines is 3. The van der Waals surface area contributed by atoms with E-state index in [1.165, 1.54) is 5.57 Å². The molecule has 4 aromatic rings. The highest BCUT2D eigenvalue weighted by molar-refractivity contribution is 5.92. The van der Waals surface area contributed by atoms with E-state index in [1.807, 2.05) is 18.2 Å². The van der Waals surface area contributed by atoms with Crippen molar-refractivity contribution in [3.05, 3.63) is 156 Å². The molecule has 3 aromatic carbocycles. The summed E-state index contributed by atoms with van der Waals surface area (Å²) < 4.78 is 8.80. The van der Waals surface area contributed by atoms with Gasteiger partial charge in [-0.25, -0.2) is 0 Å². The summed E-state index contributed by atoms with van der Waals surface area (Å²) in [6.07, 6.45) is 19.3. The highest BCUT2D eigenvalue weighted by Crippen LogP contribution is 2.39. The smallest absolute Gasteiger partial charge is 0.132 e. The van der Waals surface area contributed by atoms with Crippen LogP contribution < -0.4 is 15.5 Å². The van der Waals surface area contributed by atoms with Gasteiger partial charge in [0.2, 0.25) is 0 Å². The van der Waals surface area contributed by atoms with Crippen LogP contribution >= 0.6 is 0 Å². The van der Waals surface area contributed by atoms with Crippen LogP contribution in [0.3, 0.4) is 0 Å². The molecule has 1 aromatic heterocycles. The number of fused-ring (bicyclic) bond motifs is 1. The van der Waals surface area contributed by atoms with Crippen molar-refractivity contribution >= 4 is 45.8 Å². The minimum atomic E-state index is 0.808. The number of ether oxygens (including phenoxy) is 1. The molecule has 2 heterocycles. The molecule has 2 aliphatic rings. The maximum Gasteiger partial charge on any atom is 0.132 e. The molecular weight excluding hydrogens is 500 g/mol. The van der Waals surface area contributed by atoms with Gasteiger partial charge < -0.3 is 14.2 Å². The number of benzene rings is 3. The van der Waals surface area contributed by atoms with Crippen molar-refractivity contribution in [1.82, 2.24) is 4.57 Å². The Kier molecular flexibility index (Phi) is 7.42. The van der Waals surface area contributed by atoms with E-state index in [0.717, 1.165) is 75.0 Å². The van der Waals surface area contributed by atoms with Crippen LogP contribution in [0.2, 0.25) is 0 Å². The summed E-state index contributed by atoms with van der Waals surface area (Å²) in [5, 5.41) is 3.39. The molecule has 0 N–H and O–H groups in total. The fourth-order valence-electron chi connectivity index (χ4n) is 5.83. The van der Waals surface area contributed by atoms with E-state index < -0.39 is 0 Å². The largest absolute Gasteiger partial charge is 0.459 e. The lowest BCUT2D eigenvalue weighted by atomic mass is 10.0. The molecule has 0 unspecified atom stereocenters. The minimum absolute atomic E-state index is 0.808. The normalized spacial score (nSPS) is 16.8. The zero-order chi connectivity index (χ0) is 28.2. The molecule has 0 atom stereocenters. The molecule has 0 fully saturated rings. The van der Waals surface area contributed by atoms with E-state index in [-0.39, 0.29) is 0 Å². The molecule has 41 heavy (non-hydrogen) atoms. The van der Waals surface area contributed by atoms with Crippen LogP contribution in [0.25, 0.3) is 28.8 Å². The Balaban J connectivity index is 1.61. The molecule has 6 rings (SSSR count). The van der Waals surface area contributed by atoms with E-state index in [2.05, 4.69) is 139 Å². The van der Waals surface area contributed by atoms with Crippen LogP contribution in [0.4, 0.5) is 17.1 Å². The zero-order valence-corrected chi connectivity index (χ0v) is 23.5. The number of aromatic nitrogens is 1. The number of para-hydroxylation sites is 2. The third kappa shape index (κ3) is 4.92. The van der Waals surface area contributed by atoms with Crippen molar-refractivity contribution in [2.45, 2.75) is 26.2 Å². The Morgan fingerprint density at radius 1 is 0.902 bits per heavy atom. The van der Waals surface area contributed by atoms with Gasteiger partial charge in [-0.3, -0.25) is 0 Å². The highest BCUT2D eigenvalue weighted by atomic mass is 16.5. The minimum Gasteiger partial charge on any atom is -0.459 e. The average Bonchev–Trinajstić information content (AvgIpc) is 3.58. The average molecular weight is 535 g/mol. The first-order valence-corrected chi connectivity index (χ1v) is 14.2. The van der Waals surface area contributed by atoms with Gasteiger partial charge in [-0.1, -0.05) is 79.9 Å².